The van der Waals surface area contributed by atoms with Gasteiger partial charge in [0.15, 0.2) is 5.78 Å². The van der Waals surface area contributed by atoms with Gasteiger partial charge in [0.05, 0.1) is 0 Å². The van der Waals surface area contributed by atoms with Crippen LogP contribution in [0, 0.1) is 38.5 Å². The van der Waals surface area contributed by atoms with E-state index in [4.69, 9.17) is 20.3 Å². The second-order valence-electron chi connectivity index (χ2n) is 11.5. The van der Waals surface area contributed by atoms with Crippen LogP contribution in [-0.4, -0.2) is 27.9 Å². The first-order valence-electron chi connectivity index (χ1n) is 14.5. The van der Waals surface area contributed by atoms with Crippen molar-refractivity contribution < 1.29 is 45.7 Å². The molecule has 2 aliphatic heterocycles. The average Bonchev–Trinajstić information content (AvgIpc) is 3.68. The molecular formula is C34H32N4O5Pt. The molecule has 44 heavy (non-hydrogen) atoms. The van der Waals surface area contributed by atoms with E-state index in [-0.39, 0.29) is 51.0 Å². The molecule has 3 aromatic heterocycles. The number of fused-ring (bicyclic) bond motifs is 7. The summed E-state index contributed by atoms with van der Waals surface area (Å²) in [5.41, 5.74) is 8.33. The molecule has 3 unspecified atom stereocenters. The number of hydrogen-bond acceptors (Lipinski definition) is 3. The number of nitrogens with zero attached hydrogens (tertiary/aromatic N) is 4. The van der Waals surface area contributed by atoms with Gasteiger partial charge < -0.3 is 30.5 Å². The largest absolute Gasteiger partial charge is 4.00 e. The number of aromatic nitrogens is 3. The Bertz CT molecular complexity index is 1950. The van der Waals surface area contributed by atoms with E-state index in [2.05, 4.69) is 13.5 Å². The predicted molar refractivity (Wildman–Crippen MR) is 163 cm³/mol. The summed E-state index contributed by atoms with van der Waals surface area (Å²) in [6.45, 7) is 13.8. The van der Waals surface area contributed by atoms with Crippen LogP contribution in [0.5, 0.6) is 0 Å². The Balaban J connectivity index is 0.00000384. The van der Waals surface area contributed by atoms with E-state index >= 15 is 0 Å². The first kappa shape index (κ1) is 31.3. The minimum Gasteiger partial charge on any atom is -0.664 e. The molecular weight excluding hydrogens is 739 g/mol. The Morgan fingerprint density at radius 1 is 0.955 bits per heavy atom. The van der Waals surface area contributed by atoms with E-state index in [0.29, 0.717) is 34.0 Å². The van der Waals surface area contributed by atoms with Crippen LogP contribution in [-0.2, 0) is 37.1 Å². The molecule has 0 saturated carbocycles. The molecule has 1 aliphatic carbocycles. The molecule has 9 nitrogen and oxygen atoms in total. The standard InChI is InChI=1S/C34H34N4O5.Pt/c1-7-18-14(3)21-11-23-16(5)20(9-10-27(39)40)31(37-23)29-30(34(42)43)33(41)28-17(6)24(38-32(28)29)13-26-19(8-2)15(4)22(36-26)12-25(18)35-21;/h7,11-13,16,20,30H,1,8-10H2,2-6H3,(H4,37,38,39,40,41,42,43);/q-2;+4/p-2/b22-12-,23-11-,26-13-;. The molecule has 3 atom stereocenters. The van der Waals surface area contributed by atoms with Crippen LogP contribution >= 0.6 is 0 Å². The number of Topliss-reactive ketones (excluding diaryl/α,β-unsaturated/α-hetero) is 1. The van der Waals surface area contributed by atoms with Gasteiger partial charge >= 0.3 is 33.0 Å². The van der Waals surface area contributed by atoms with Crippen molar-refractivity contribution in [2.24, 2.45) is 17.8 Å². The first-order valence-corrected chi connectivity index (χ1v) is 14.5. The molecule has 6 rings (SSSR count). The Morgan fingerprint density at radius 2 is 1.64 bits per heavy atom. The minimum atomic E-state index is -1.47. The zero-order chi connectivity index (χ0) is 30.9. The van der Waals surface area contributed by atoms with E-state index in [1.165, 1.54) is 0 Å². The average molecular weight is 772 g/mol. The zero-order valence-corrected chi connectivity index (χ0v) is 27.4. The number of allylic oxidation sites excluding steroid dienone is 2. The summed E-state index contributed by atoms with van der Waals surface area (Å²) < 4.78 is 0. The van der Waals surface area contributed by atoms with Crippen molar-refractivity contribution in [3.63, 3.8) is 0 Å². The third-order valence-electron chi connectivity index (χ3n) is 9.22. The van der Waals surface area contributed by atoms with Gasteiger partial charge in [-0.2, -0.15) is 11.4 Å². The van der Waals surface area contributed by atoms with Gasteiger partial charge in [0, 0.05) is 12.0 Å². The predicted octanol–water partition coefficient (Wildman–Crippen LogP) is 3.81. The smallest absolute Gasteiger partial charge is 0.664 e. The van der Waals surface area contributed by atoms with Gasteiger partial charge in [-0.3, -0.25) is 14.4 Å². The zero-order valence-electron chi connectivity index (χ0n) is 25.1. The first-order chi connectivity index (χ1) is 20.5. The van der Waals surface area contributed by atoms with Crippen molar-refractivity contribution in [2.45, 2.75) is 53.9 Å². The molecule has 3 aromatic rings. The quantitative estimate of drug-likeness (QED) is 0.360. The SMILES string of the molecule is C=Cc1c2[n-]c(c1C)/C=C1\[N-]/C(=C3\c4[n-]c(c(C)c4C(=O)C3C(=O)O)/C=c3\[n-]/c(c(C)c3CC)=C\2)C(CCC(=O)O)C1C.[Pt+4]. The molecule has 10 heteroatoms. The summed E-state index contributed by atoms with van der Waals surface area (Å²) in [7, 11) is 0. The molecule has 0 spiro atoms. The number of ketones is 1. The van der Waals surface area contributed by atoms with Crippen LogP contribution in [0.3, 0.4) is 0 Å². The number of rotatable bonds is 6. The summed E-state index contributed by atoms with van der Waals surface area (Å²) in [5, 5.41) is 26.3. The second kappa shape index (κ2) is 11.4. The van der Waals surface area contributed by atoms with Gasteiger partial charge in [0.25, 0.3) is 0 Å². The van der Waals surface area contributed by atoms with E-state index < -0.39 is 29.6 Å². The molecule has 0 amide bonds. The van der Waals surface area contributed by atoms with Crippen molar-refractivity contribution in [2.75, 3.05) is 0 Å². The molecule has 0 radical (unpaired) electrons. The topological polar surface area (TPSA) is 148 Å². The van der Waals surface area contributed by atoms with Crippen LogP contribution in [0.15, 0.2) is 18.0 Å². The molecule has 2 N–H and O–H groups in total. The van der Waals surface area contributed by atoms with Crippen LogP contribution in [0.1, 0.15) is 87.6 Å². The molecule has 0 aromatic carbocycles. The van der Waals surface area contributed by atoms with Crippen molar-refractivity contribution in [3.8, 4) is 0 Å². The molecule has 5 heterocycles. The Morgan fingerprint density at radius 3 is 2.27 bits per heavy atom. The fourth-order valence-electron chi connectivity index (χ4n) is 6.82. The summed E-state index contributed by atoms with van der Waals surface area (Å²) >= 11 is 0. The maximum Gasteiger partial charge on any atom is 4.00 e. The summed E-state index contributed by atoms with van der Waals surface area (Å²) in [5.74, 6) is -4.91. The van der Waals surface area contributed by atoms with Crippen LogP contribution in [0.4, 0.5) is 0 Å². The maximum atomic E-state index is 13.7. The number of carboxylic acid groups (broad SMARTS) is 2. The summed E-state index contributed by atoms with van der Waals surface area (Å²) in [6, 6.07) is 0. The summed E-state index contributed by atoms with van der Waals surface area (Å²) in [4.78, 5) is 52.7. The third-order valence-corrected chi connectivity index (χ3v) is 9.22. The molecule has 3 aliphatic rings. The molecule has 228 valence electrons. The molecule has 1 fully saturated rings. The Kier molecular flexibility index (Phi) is 8.14. The van der Waals surface area contributed by atoms with Crippen molar-refractivity contribution in [1.82, 2.24) is 15.0 Å². The van der Waals surface area contributed by atoms with Gasteiger partial charge in [-0.1, -0.05) is 72.6 Å². The van der Waals surface area contributed by atoms with Crippen LogP contribution < -0.4 is 25.7 Å². The maximum absolute atomic E-state index is 13.7. The van der Waals surface area contributed by atoms with Crippen molar-refractivity contribution in [3.05, 3.63) is 90.1 Å². The van der Waals surface area contributed by atoms with E-state index in [0.717, 1.165) is 45.1 Å². The molecule has 1 saturated heterocycles. The number of hydrogen-bond donors (Lipinski definition) is 2. The number of carbonyl (C=O) groups is 3. The van der Waals surface area contributed by atoms with Gasteiger partial charge in [-0.25, -0.2) is 0 Å². The Labute approximate surface area is 269 Å². The third kappa shape index (κ3) is 4.69. The van der Waals surface area contributed by atoms with Gasteiger partial charge in [0.2, 0.25) is 0 Å². The number of aliphatic carboxylic acids is 2. The number of carboxylic acids is 2. The van der Waals surface area contributed by atoms with Crippen LogP contribution in [0.2, 0.25) is 0 Å². The fourth-order valence-corrected chi connectivity index (χ4v) is 6.82. The number of carbonyl (C=O) groups excluding carboxylic acids is 1. The van der Waals surface area contributed by atoms with E-state index in [9.17, 15) is 24.6 Å². The van der Waals surface area contributed by atoms with E-state index in [1.54, 1.807) is 13.0 Å². The second-order valence-corrected chi connectivity index (χ2v) is 11.5. The Hall–Kier alpha value is -4.10. The van der Waals surface area contributed by atoms with E-state index in [1.807, 2.05) is 39.0 Å². The van der Waals surface area contributed by atoms with Gasteiger partial charge in [-0.15, -0.1) is 33.5 Å². The fraction of sp³-hybridized carbons (Fsp3) is 0.324. The van der Waals surface area contributed by atoms with Gasteiger partial charge in [-0.05, 0) is 51.0 Å². The molecule has 8 bridgehead atoms. The van der Waals surface area contributed by atoms with Crippen molar-refractivity contribution >= 4 is 47.6 Å². The van der Waals surface area contributed by atoms with Crippen molar-refractivity contribution in [1.29, 1.82) is 0 Å². The minimum absolute atomic E-state index is 0. The van der Waals surface area contributed by atoms with Gasteiger partial charge in [0.1, 0.15) is 5.92 Å². The normalized spacial score (nSPS) is 24.3. The summed E-state index contributed by atoms with van der Waals surface area (Å²) in [6.07, 6.45) is 8.31. The monoisotopic (exact) mass is 771 g/mol. The van der Waals surface area contributed by atoms with Crippen LogP contribution in [0.25, 0.3) is 35.2 Å².